The van der Waals surface area contributed by atoms with Gasteiger partial charge in [-0.25, -0.2) is 4.79 Å². The number of aryl methyl sites for hydroxylation is 1. The molecule has 2 saturated carbocycles. The molecule has 1 spiro atoms. The fourth-order valence-corrected chi connectivity index (χ4v) is 7.82. The molecule has 0 radical (unpaired) electrons. The summed E-state index contributed by atoms with van der Waals surface area (Å²) in [6.07, 6.45) is -3.84. The first-order valence-electron chi connectivity index (χ1n) is 14.5. The Labute approximate surface area is 246 Å². The Balaban J connectivity index is 1.61. The number of ether oxygens (including phenoxy) is 4. The van der Waals surface area contributed by atoms with Crippen LogP contribution in [0, 0.1) is 11.3 Å². The Morgan fingerprint density at radius 2 is 1.55 bits per heavy atom. The molecule has 42 heavy (non-hydrogen) atoms. The van der Waals surface area contributed by atoms with E-state index in [1.54, 1.807) is 58.0 Å². The van der Waals surface area contributed by atoms with Crippen LogP contribution >= 0.6 is 0 Å². The van der Waals surface area contributed by atoms with E-state index in [4.69, 9.17) is 18.9 Å². The van der Waals surface area contributed by atoms with Gasteiger partial charge in [0, 0.05) is 13.3 Å². The number of esters is 3. The summed E-state index contributed by atoms with van der Waals surface area (Å²) >= 11 is 0. The van der Waals surface area contributed by atoms with Crippen molar-refractivity contribution in [2.75, 3.05) is 0 Å². The highest BCUT2D eigenvalue weighted by molar-refractivity contribution is 5.89. The summed E-state index contributed by atoms with van der Waals surface area (Å²) in [7, 11) is 0. The molecule has 2 aliphatic carbocycles. The molecule has 2 aromatic rings. The maximum absolute atomic E-state index is 13.6. The Kier molecular flexibility index (Phi) is 7.75. The molecule has 5 rings (SSSR count). The van der Waals surface area contributed by atoms with Gasteiger partial charge in [0.15, 0.2) is 6.10 Å². The molecule has 0 aromatic heterocycles. The van der Waals surface area contributed by atoms with Gasteiger partial charge in [0.25, 0.3) is 0 Å². The number of carbonyl (C=O) groups excluding carboxylic acids is 3. The van der Waals surface area contributed by atoms with E-state index in [2.05, 4.69) is 0 Å². The van der Waals surface area contributed by atoms with Gasteiger partial charge >= 0.3 is 17.9 Å². The first kappa shape index (κ1) is 30.2. The summed E-state index contributed by atoms with van der Waals surface area (Å²) in [4.78, 5) is 39.4. The normalized spacial score (nSPS) is 36.4. The van der Waals surface area contributed by atoms with E-state index in [1.165, 1.54) is 6.92 Å². The maximum atomic E-state index is 13.6. The highest BCUT2D eigenvalue weighted by Crippen LogP contribution is 2.68. The van der Waals surface area contributed by atoms with Gasteiger partial charge in [-0.05, 0) is 64.7 Å². The lowest BCUT2D eigenvalue weighted by Crippen LogP contribution is -2.81. The first-order chi connectivity index (χ1) is 19.7. The van der Waals surface area contributed by atoms with Crippen molar-refractivity contribution in [3.63, 3.8) is 0 Å². The average Bonchev–Trinajstić information content (AvgIpc) is 3.13. The number of benzene rings is 2. The van der Waals surface area contributed by atoms with Gasteiger partial charge in [-0.15, -0.1) is 0 Å². The molecular formula is C33H40O9. The predicted molar refractivity (Wildman–Crippen MR) is 151 cm³/mol. The zero-order chi connectivity index (χ0) is 30.5. The smallest absolute Gasteiger partial charge is 0.338 e. The van der Waals surface area contributed by atoms with Crippen molar-refractivity contribution < 1.29 is 43.5 Å². The molecule has 9 heteroatoms. The highest BCUT2D eigenvalue weighted by Gasteiger charge is 2.84. The molecular weight excluding hydrogens is 540 g/mol. The molecule has 2 N–H and O–H groups in total. The van der Waals surface area contributed by atoms with Crippen LogP contribution < -0.4 is 0 Å². The quantitative estimate of drug-likeness (QED) is 0.371. The molecule has 9 nitrogen and oxygen atoms in total. The van der Waals surface area contributed by atoms with E-state index in [0.29, 0.717) is 6.42 Å². The molecule has 1 heterocycles. The largest absolute Gasteiger partial charge is 0.462 e. The summed E-state index contributed by atoms with van der Waals surface area (Å²) in [5.41, 5.74) is -4.74. The minimum atomic E-state index is -1.72. The number of fused-ring (bicyclic) bond motifs is 1. The van der Waals surface area contributed by atoms with Gasteiger partial charge in [0.1, 0.15) is 17.8 Å². The van der Waals surface area contributed by atoms with Crippen molar-refractivity contribution in [2.45, 2.75) is 102 Å². The summed E-state index contributed by atoms with van der Waals surface area (Å²) in [6, 6.07) is 17.9. The molecule has 3 aliphatic rings. The lowest BCUT2D eigenvalue weighted by molar-refractivity contribution is -0.335. The number of aliphatic hydroxyl groups excluding tert-OH is 1. The standard InChI is InChI=1S/C33H40O9/c1-20(34)39-23-18-19-31(4,38)33-27(36)25(30(2,3)42-33)26(40-24(35)17-16-21-12-8-6-9-13-21)28(32(23,33)5)41-29(37)22-14-10-7-11-15-22/h6-15,23,25-28,36,38H,16-19H2,1-5H3/t23-,25+,26-,27+,28-,31-,32-,33-/m0/s1. The van der Waals surface area contributed by atoms with Crippen LogP contribution in [0.1, 0.15) is 69.8 Å². The summed E-state index contributed by atoms with van der Waals surface area (Å²) in [5.74, 6) is -2.66. The molecule has 1 aliphatic heterocycles. The fourth-order valence-electron chi connectivity index (χ4n) is 7.82. The fraction of sp³-hybridized carbons (Fsp3) is 0.545. The first-order valence-corrected chi connectivity index (χ1v) is 14.5. The van der Waals surface area contributed by atoms with Crippen LogP contribution in [-0.4, -0.2) is 69.3 Å². The van der Waals surface area contributed by atoms with E-state index >= 15 is 0 Å². The Hall–Kier alpha value is -3.27. The van der Waals surface area contributed by atoms with Crippen LogP contribution in [0.5, 0.6) is 0 Å². The Morgan fingerprint density at radius 3 is 2.17 bits per heavy atom. The molecule has 2 aromatic carbocycles. The van der Waals surface area contributed by atoms with Gasteiger partial charge < -0.3 is 29.2 Å². The number of hydrogen-bond acceptors (Lipinski definition) is 9. The van der Waals surface area contributed by atoms with Crippen LogP contribution in [0.2, 0.25) is 0 Å². The van der Waals surface area contributed by atoms with Crippen LogP contribution in [0.3, 0.4) is 0 Å². The van der Waals surface area contributed by atoms with E-state index in [-0.39, 0.29) is 24.8 Å². The highest BCUT2D eigenvalue weighted by atomic mass is 16.6. The number of carbonyl (C=O) groups is 3. The third kappa shape index (κ3) is 4.71. The number of aliphatic hydroxyl groups is 2. The predicted octanol–water partition coefficient (Wildman–Crippen LogP) is 3.78. The zero-order valence-electron chi connectivity index (χ0n) is 24.7. The van der Waals surface area contributed by atoms with Crippen LogP contribution in [-0.2, 0) is 35.0 Å². The molecule has 3 fully saturated rings. The van der Waals surface area contributed by atoms with Crippen LogP contribution in [0.4, 0.5) is 0 Å². The van der Waals surface area contributed by atoms with Crippen LogP contribution in [0.25, 0.3) is 0 Å². The molecule has 226 valence electrons. The lowest BCUT2D eigenvalue weighted by Gasteiger charge is -2.64. The van der Waals surface area contributed by atoms with Crippen LogP contribution in [0.15, 0.2) is 60.7 Å². The third-order valence-corrected chi connectivity index (χ3v) is 9.67. The molecule has 8 atom stereocenters. The Morgan fingerprint density at radius 1 is 0.929 bits per heavy atom. The molecule has 0 amide bonds. The summed E-state index contributed by atoms with van der Waals surface area (Å²) in [6.45, 7) is 8.06. The minimum Gasteiger partial charge on any atom is -0.462 e. The van der Waals surface area contributed by atoms with Gasteiger partial charge in [-0.2, -0.15) is 0 Å². The Bertz CT molecular complexity index is 1320. The van der Waals surface area contributed by atoms with Crippen molar-refractivity contribution in [1.29, 1.82) is 0 Å². The van der Waals surface area contributed by atoms with Crippen molar-refractivity contribution >= 4 is 17.9 Å². The summed E-state index contributed by atoms with van der Waals surface area (Å²) in [5, 5.41) is 24.0. The van der Waals surface area contributed by atoms with Crippen molar-refractivity contribution in [2.24, 2.45) is 11.3 Å². The third-order valence-electron chi connectivity index (χ3n) is 9.67. The second-order valence-corrected chi connectivity index (χ2v) is 12.7. The van der Waals surface area contributed by atoms with Gasteiger partial charge in [0.05, 0.1) is 34.2 Å². The maximum Gasteiger partial charge on any atom is 0.338 e. The van der Waals surface area contributed by atoms with E-state index in [9.17, 15) is 24.6 Å². The van der Waals surface area contributed by atoms with E-state index < -0.39 is 70.5 Å². The number of hydrogen-bond donors (Lipinski definition) is 2. The molecule has 0 unspecified atom stereocenters. The monoisotopic (exact) mass is 580 g/mol. The topological polar surface area (TPSA) is 129 Å². The SMILES string of the molecule is CC(=O)O[C@H]1CC[C@](C)(O)[C@]23OC(C)(C)[C@H]([C@H](OC(=O)CCc4ccccc4)[C@H](OC(=O)c4ccccc4)[C@]12C)[C@H]3O. The van der Waals surface area contributed by atoms with Crippen molar-refractivity contribution in [3.05, 3.63) is 71.8 Å². The number of rotatable bonds is 7. The summed E-state index contributed by atoms with van der Waals surface area (Å²) < 4.78 is 24.9. The molecule has 2 bridgehead atoms. The average molecular weight is 581 g/mol. The minimum absolute atomic E-state index is 0.0525. The van der Waals surface area contributed by atoms with Gasteiger partial charge in [-0.1, -0.05) is 48.5 Å². The lowest BCUT2D eigenvalue weighted by atomic mass is 9.47. The van der Waals surface area contributed by atoms with E-state index in [0.717, 1.165) is 5.56 Å². The second kappa shape index (κ2) is 10.8. The zero-order valence-corrected chi connectivity index (χ0v) is 24.7. The van der Waals surface area contributed by atoms with Crippen molar-refractivity contribution in [3.8, 4) is 0 Å². The molecule has 1 saturated heterocycles. The van der Waals surface area contributed by atoms with Gasteiger partial charge in [0.2, 0.25) is 0 Å². The van der Waals surface area contributed by atoms with Gasteiger partial charge in [-0.3, -0.25) is 9.59 Å². The van der Waals surface area contributed by atoms with Crippen molar-refractivity contribution in [1.82, 2.24) is 0 Å². The van der Waals surface area contributed by atoms with E-state index in [1.807, 2.05) is 30.3 Å². The second-order valence-electron chi connectivity index (χ2n) is 12.7.